The molecule has 1 aromatic heterocycles. The van der Waals surface area contributed by atoms with Crippen LogP contribution in [0.2, 0.25) is 0 Å². The van der Waals surface area contributed by atoms with E-state index in [1.165, 1.54) is 6.42 Å². The molecule has 16 heavy (non-hydrogen) atoms. The number of nitrogens with zero attached hydrogens (tertiary/aromatic N) is 2. The highest BCUT2D eigenvalue weighted by molar-refractivity contribution is 9.10. The Kier molecular flexibility index (Phi) is 3.40. The molecule has 2 rings (SSSR count). The molecule has 0 amide bonds. The fraction of sp³-hybridized carbons (Fsp3) is 0.750. The summed E-state index contributed by atoms with van der Waals surface area (Å²) in [5.74, 6) is 0. The van der Waals surface area contributed by atoms with Gasteiger partial charge in [-0.2, -0.15) is 5.10 Å². The summed E-state index contributed by atoms with van der Waals surface area (Å²) in [4.78, 5) is 0. The maximum absolute atomic E-state index is 10.8. The molecule has 1 aliphatic carbocycles. The zero-order valence-corrected chi connectivity index (χ0v) is 11.5. The Hall–Kier alpha value is -0.350. The highest BCUT2D eigenvalue weighted by Crippen LogP contribution is 2.40. The van der Waals surface area contributed by atoms with Crippen LogP contribution >= 0.6 is 15.9 Å². The van der Waals surface area contributed by atoms with Gasteiger partial charge >= 0.3 is 0 Å². The van der Waals surface area contributed by atoms with E-state index in [0.717, 1.165) is 35.8 Å². The summed E-state index contributed by atoms with van der Waals surface area (Å²) in [7, 11) is 0. The van der Waals surface area contributed by atoms with Crippen LogP contribution in [0.3, 0.4) is 0 Å². The SMILES string of the molecule is CC(C)n1ncc(Br)c1C1(O)CCCCC1. The molecule has 4 heteroatoms. The van der Waals surface area contributed by atoms with E-state index >= 15 is 0 Å². The molecule has 0 radical (unpaired) electrons. The molecule has 0 aliphatic heterocycles. The number of aliphatic hydroxyl groups is 1. The third-order valence-electron chi connectivity index (χ3n) is 3.36. The van der Waals surface area contributed by atoms with Gasteiger partial charge < -0.3 is 5.11 Å². The zero-order valence-electron chi connectivity index (χ0n) is 9.91. The van der Waals surface area contributed by atoms with Gasteiger partial charge in [0, 0.05) is 6.04 Å². The van der Waals surface area contributed by atoms with Crippen molar-refractivity contribution in [2.75, 3.05) is 0 Å². The molecule has 1 N–H and O–H groups in total. The molecule has 1 aliphatic rings. The maximum Gasteiger partial charge on any atom is 0.107 e. The maximum atomic E-state index is 10.8. The van der Waals surface area contributed by atoms with Gasteiger partial charge in [-0.15, -0.1) is 0 Å². The van der Waals surface area contributed by atoms with Crippen molar-refractivity contribution in [3.05, 3.63) is 16.4 Å². The summed E-state index contributed by atoms with van der Waals surface area (Å²) >= 11 is 3.51. The van der Waals surface area contributed by atoms with Crippen molar-refractivity contribution < 1.29 is 5.11 Å². The number of hydrogen-bond donors (Lipinski definition) is 1. The van der Waals surface area contributed by atoms with Gasteiger partial charge in [-0.1, -0.05) is 19.3 Å². The molecule has 0 saturated heterocycles. The van der Waals surface area contributed by atoms with E-state index in [-0.39, 0.29) is 6.04 Å². The second-order valence-electron chi connectivity index (χ2n) is 4.97. The molecule has 90 valence electrons. The normalized spacial score (nSPS) is 20.3. The molecule has 0 atom stereocenters. The van der Waals surface area contributed by atoms with Crippen LogP contribution in [0, 0.1) is 0 Å². The highest BCUT2D eigenvalue weighted by Gasteiger charge is 2.36. The summed E-state index contributed by atoms with van der Waals surface area (Å²) < 4.78 is 2.88. The monoisotopic (exact) mass is 286 g/mol. The Bertz CT molecular complexity index is 367. The molecule has 1 aromatic rings. The van der Waals surface area contributed by atoms with Gasteiger partial charge in [0.1, 0.15) is 5.60 Å². The topological polar surface area (TPSA) is 38.0 Å². The first kappa shape index (κ1) is 12.1. The standard InChI is InChI=1S/C12H19BrN2O/c1-9(2)15-11(10(13)8-14-15)12(16)6-4-3-5-7-12/h8-9,16H,3-7H2,1-2H3. The van der Waals surface area contributed by atoms with Gasteiger partial charge in [-0.25, -0.2) is 0 Å². The Morgan fingerprint density at radius 3 is 2.56 bits per heavy atom. The molecule has 1 heterocycles. The van der Waals surface area contributed by atoms with Crippen LogP contribution in [0.5, 0.6) is 0 Å². The van der Waals surface area contributed by atoms with Crippen molar-refractivity contribution in [1.29, 1.82) is 0 Å². The zero-order chi connectivity index (χ0) is 11.8. The van der Waals surface area contributed by atoms with Crippen LogP contribution in [0.4, 0.5) is 0 Å². The van der Waals surface area contributed by atoms with Crippen LogP contribution in [0.1, 0.15) is 57.7 Å². The second-order valence-corrected chi connectivity index (χ2v) is 5.83. The van der Waals surface area contributed by atoms with Gasteiger partial charge in [-0.05, 0) is 42.6 Å². The van der Waals surface area contributed by atoms with Gasteiger partial charge in [0.05, 0.1) is 16.4 Å². The lowest BCUT2D eigenvalue weighted by Crippen LogP contribution is -2.32. The lowest BCUT2D eigenvalue weighted by molar-refractivity contribution is -0.0103. The lowest BCUT2D eigenvalue weighted by Gasteiger charge is -2.33. The fourth-order valence-corrected chi connectivity index (χ4v) is 3.18. The van der Waals surface area contributed by atoms with Crippen molar-refractivity contribution in [3.8, 4) is 0 Å². The number of rotatable bonds is 2. The largest absolute Gasteiger partial charge is 0.384 e. The molecule has 0 spiro atoms. The van der Waals surface area contributed by atoms with Crippen LogP contribution in [0.15, 0.2) is 10.7 Å². The minimum Gasteiger partial charge on any atom is -0.384 e. The third kappa shape index (κ3) is 2.05. The molecular weight excluding hydrogens is 268 g/mol. The van der Waals surface area contributed by atoms with Crippen LogP contribution in [-0.2, 0) is 5.60 Å². The average molecular weight is 287 g/mol. The van der Waals surface area contributed by atoms with Crippen LogP contribution in [0.25, 0.3) is 0 Å². The summed E-state index contributed by atoms with van der Waals surface area (Å²) in [5, 5.41) is 15.1. The fourth-order valence-electron chi connectivity index (χ4n) is 2.54. The van der Waals surface area contributed by atoms with Crippen molar-refractivity contribution in [2.45, 2.75) is 57.6 Å². The Labute approximate surface area is 105 Å². The van der Waals surface area contributed by atoms with E-state index < -0.39 is 5.60 Å². The summed E-state index contributed by atoms with van der Waals surface area (Å²) in [5.41, 5.74) is 0.278. The van der Waals surface area contributed by atoms with E-state index in [2.05, 4.69) is 34.9 Å². The smallest absolute Gasteiger partial charge is 0.107 e. The second kappa shape index (κ2) is 4.49. The predicted octanol–water partition coefficient (Wildman–Crippen LogP) is 3.38. The lowest BCUT2D eigenvalue weighted by atomic mass is 9.82. The Morgan fingerprint density at radius 1 is 1.38 bits per heavy atom. The van der Waals surface area contributed by atoms with Gasteiger partial charge in [0.2, 0.25) is 0 Å². The molecule has 0 aromatic carbocycles. The van der Waals surface area contributed by atoms with Crippen molar-refractivity contribution >= 4 is 15.9 Å². The van der Waals surface area contributed by atoms with E-state index in [4.69, 9.17) is 0 Å². The molecule has 1 saturated carbocycles. The first-order valence-corrected chi connectivity index (χ1v) is 6.80. The molecule has 0 bridgehead atoms. The van der Waals surface area contributed by atoms with Crippen molar-refractivity contribution in [3.63, 3.8) is 0 Å². The Morgan fingerprint density at radius 2 is 2.00 bits per heavy atom. The number of hydrogen-bond acceptors (Lipinski definition) is 2. The van der Waals surface area contributed by atoms with Crippen LogP contribution < -0.4 is 0 Å². The molecule has 3 nitrogen and oxygen atoms in total. The average Bonchev–Trinajstić information content (AvgIpc) is 2.62. The van der Waals surface area contributed by atoms with E-state index in [9.17, 15) is 5.11 Å². The Balaban J connectivity index is 2.41. The van der Waals surface area contributed by atoms with Crippen LogP contribution in [-0.4, -0.2) is 14.9 Å². The summed E-state index contributed by atoms with van der Waals surface area (Å²) in [6.07, 6.45) is 6.93. The minimum absolute atomic E-state index is 0.284. The molecule has 1 fully saturated rings. The molecule has 0 unspecified atom stereocenters. The van der Waals surface area contributed by atoms with Crippen molar-refractivity contribution in [2.24, 2.45) is 0 Å². The van der Waals surface area contributed by atoms with E-state index in [1.54, 1.807) is 6.20 Å². The van der Waals surface area contributed by atoms with Gasteiger partial charge in [0.15, 0.2) is 0 Å². The minimum atomic E-state index is -0.683. The van der Waals surface area contributed by atoms with Gasteiger partial charge in [0.25, 0.3) is 0 Å². The third-order valence-corrected chi connectivity index (χ3v) is 3.94. The first-order valence-electron chi connectivity index (χ1n) is 6.00. The molecular formula is C12H19BrN2O. The number of halogens is 1. The predicted molar refractivity (Wildman–Crippen MR) is 67.3 cm³/mol. The van der Waals surface area contributed by atoms with E-state index in [0.29, 0.717) is 0 Å². The summed E-state index contributed by atoms with van der Waals surface area (Å²) in [6, 6.07) is 0.284. The summed E-state index contributed by atoms with van der Waals surface area (Å²) in [6.45, 7) is 4.18. The van der Waals surface area contributed by atoms with E-state index in [1.807, 2.05) is 4.68 Å². The van der Waals surface area contributed by atoms with Gasteiger partial charge in [-0.3, -0.25) is 4.68 Å². The quantitative estimate of drug-likeness (QED) is 0.905. The first-order chi connectivity index (χ1) is 7.54. The van der Waals surface area contributed by atoms with Crippen molar-refractivity contribution in [1.82, 2.24) is 9.78 Å². The number of aromatic nitrogens is 2. The highest BCUT2D eigenvalue weighted by atomic mass is 79.9.